The highest BCUT2D eigenvalue weighted by atomic mass is 35.5. The van der Waals surface area contributed by atoms with Crippen LogP contribution in [0.15, 0.2) is 34.6 Å². The summed E-state index contributed by atoms with van der Waals surface area (Å²) >= 11 is 6.08. The fourth-order valence-corrected chi connectivity index (χ4v) is 5.56. The van der Waals surface area contributed by atoms with Gasteiger partial charge < -0.3 is 19.9 Å². The van der Waals surface area contributed by atoms with Crippen LogP contribution < -0.4 is 16.2 Å². The summed E-state index contributed by atoms with van der Waals surface area (Å²) in [5.41, 5.74) is 1.56. The van der Waals surface area contributed by atoms with Gasteiger partial charge in [-0.25, -0.2) is 0 Å². The summed E-state index contributed by atoms with van der Waals surface area (Å²) in [5, 5.41) is 10.3. The molecule has 0 unspecified atom stereocenters. The van der Waals surface area contributed by atoms with Crippen molar-refractivity contribution in [1.82, 2.24) is 24.5 Å². The number of fused-ring (bicyclic) bond motifs is 1. The van der Waals surface area contributed by atoms with Crippen molar-refractivity contribution in [2.24, 2.45) is 0 Å². The number of amides is 1. The number of aromatic nitrogens is 4. The number of benzene rings is 1. The van der Waals surface area contributed by atoms with Crippen molar-refractivity contribution >= 4 is 40.6 Å². The largest absolute Gasteiger partial charge is 0.416 e. The summed E-state index contributed by atoms with van der Waals surface area (Å²) in [6, 6.07) is 2.74. The fraction of sp³-hybridized carbons (Fsp3) is 0.448. The van der Waals surface area contributed by atoms with Crippen LogP contribution in [-0.2, 0) is 28.7 Å². The van der Waals surface area contributed by atoms with Crippen LogP contribution in [0.5, 0.6) is 0 Å². The third-order valence-corrected chi connectivity index (χ3v) is 7.68. The van der Waals surface area contributed by atoms with Crippen molar-refractivity contribution in [1.29, 1.82) is 0 Å². The average molecular weight is 605 g/mol. The molecule has 5 rings (SSSR count). The molecule has 1 fully saturated rings. The Hall–Kier alpha value is -3.48. The first kappa shape index (κ1) is 30.0. The number of halogens is 4. The first-order valence-electron chi connectivity index (χ1n) is 13.8. The number of nitrogens with one attached hydrogen (secondary N) is 2. The second kappa shape index (κ2) is 11.7. The SMILES string of the molecule is CCc1c(C=C2CNC(C)(C)C2)c(=O)n2nc(C3=CCCOCC3)nc2n1CC(=O)Nc1ccc(C(F)(F)F)cc1Cl. The molecule has 2 aliphatic heterocycles. The summed E-state index contributed by atoms with van der Waals surface area (Å²) in [4.78, 5) is 31.8. The molecule has 4 heterocycles. The molecule has 1 aromatic carbocycles. The van der Waals surface area contributed by atoms with Crippen LogP contribution in [0.2, 0.25) is 5.02 Å². The first-order chi connectivity index (χ1) is 19.9. The summed E-state index contributed by atoms with van der Waals surface area (Å²) in [5.74, 6) is 0.0254. The van der Waals surface area contributed by atoms with E-state index in [9.17, 15) is 22.8 Å². The average Bonchev–Trinajstić information content (AvgIpc) is 3.40. The van der Waals surface area contributed by atoms with E-state index in [1.807, 2.05) is 19.1 Å². The number of hydrogen-bond donors (Lipinski definition) is 2. The van der Waals surface area contributed by atoms with Gasteiger partial charge >= 0.3 is 6.18 Å². The third kappa shape index (κ3) is 6.30. The minimum Gasteiger partial charge on any atom is -0.381 e. The van der Waals surface area contributed by atoms with Gasteiger partial charge in [0.05, 0.1) is 35.1 Å². The zero-order chi connectivity index (χ0) is 30.2. The van der Waals surface area contributed by atoms with Gasteiger partial charge in [-0.15, -0.1) is 5.10 Å². The number of anilines is 1. The molecule has 2 aliphatic rings. The van der Waals surface area contributed by atoms with Crippen molar-refractivity contribution in [3.63, 3.8) is 0 Å². The minimum absolute atomic E-state index is 0.0390. The Morgan fingerprint density at radius 3 is 2.74 bits per heavy atom. The Balaban J connectivity index is 1.58. The van der Waals surface area contributed by atoms with Crippen molar-refractivity contribution in [3.05, 3.63) is 67.9 Å². The van der Waals surface area contributed by atoms with Crippen LogP contribution in [0, 0.1) is 0 Å². The maximum Gasteiger partial charge on any atom is 0.416 e. The molecule has 13 heteroatoms. The summed E-state index contributed by atoms with van der Waals surface area (Å²) in [7, 11) is 0. The molecule has 0 bridgehead atoms. The molecule has 2 aromatic heterocycles. The molecule has 1 saturated heterocycles. The van der Waals surface area contributed by atoms with Crippen LogP contribution >= 0.6 is 11.6 Å². The van der Waals surface area contributed by atoms with Gasteiger partial charge in [0.2, 0.25) is 11.7 Å². The van der Waals surface area contributed by atoms with Crippen molar-refractivity contribution in [2.75, 3.05) is 25.1 Å². The smallest absolute Gasteiger partial charge is 0.381 e. The van der Waals surface area contributed by atoms with E-state index in [4.69, 9.17) is 16.3 Å². The maximum absolute atomic E-state index is 13.8. The van der Waals surface area contributed by atoms with Crippen molar-refractivity contribution in [3.8, 4) is 0 Å². The van der Waals surface area contributed by atoms with Crippen molar-refractivity contribution in [2.45, 2.75) is 64.7 Å². The number of ether oxygens (including phenoxy) is 1. The molecule has 224 valence electrons. The van der Waals surface area contributed by atoms with E-state index >= 15 is 0 Å². The molecule has 0 radical (unpaired) electrons. The van der Waals surface area contributed by atoms with Crippen LogP contribution in [0.3, 0.4) is 0 Å². The Bertz CT molecular complexity index is 1650. The van der Waals surface area contributed by atoms with Gasteiger partial charge in [-0.1, -0.05) is 30.2 Å². The molecule has 0 spiro atoms. The van der Waals surface area contributed by atoms with Gasteiger partial charge in [0.25, 0.3) is 5.56 Å². The highest BCUT2D eigenvalue weighted by molar-refractivity contribution is 6.33. The highest BCUT2D eigenvalue weighted by Gasteiger charge is 2.31. The van der Waals surface area contributed by atoms with E-state index in [1.54, 1.807) is 4.57 Å². The molecule has 0 saturated carbocycles. The number of rotatable bonds is 6. The van der Waals surface area contributed by atoms with E-state index in [2.05, 4.69) is 34.6 Å². The lowest BCUT2D eigenvalue weighted by molar-refractivity contribution is -0.137. The van der Waals surface area contributed by atoms with E-state index < -0.39 is 17.6 Å². The molecular formula is C29H32ClF3N6O3. The highest BCUT2D eigenvalue weighted by Crippen LogP contribution is 2.34. The summed E-state index contributed by atoms with van der Waals surface area (Å²) < 4.78 is 47.7. The van der Waals surface area contributed by atoms with E-state index in [-0.39, 0.29) is 34.1 Å². The summed E-state index contributed by atoms with van der Waals surface area (Å²) in [6.45, 7) is 7.48. The van der Waals surface area contributed by atoms with Crippen LogP contribution in [0.4, 0.5) is 18.9 Å². The Morgan fingerprint density at radius 1 is 1.29 bits per heavy atom. The normalized spacial score (nSPS) is 18.4. The van der Waals surface area contributed by atoms with Gasteiger partial charge in [0.15, 0.2) is 5.82 Å². The topological polar surface area (TPSA) is 103 Å². The van der Waals surface area contributed by atoms with E-state index in [0.29, 0.717) is 56.1 Å². The zero-order valence-electron chi connectivity index (χ0n) is 23.6. The maximum atomic E-state index is 13.8. The number of carbonyl (C=O) groups excluding carboxylic acids is 1. The lowest BCUT2D eigenvalue weighted by atomic mass is 9.99. The Morgan fingerprint density at radius 2 is 2.07 bits per heavy atom. The Labute approximate surface area is 245 Å². The number of carbonyl (C=O) groups is 1. The number of nitrogens with zero attached hydrogens (tertiary/aromatic N) is 4. The zero-order valence-corrected chi connectivity index (χ0v) is 24.3. The molecule has 2 N–H and O–H groups in total. The van der Waals surface area contributed by atoms with Gasteiger partial charge in [0, 0.05) is 17.8 Å². The molecule has 9 nitrogen and oxygen atoms in total. The van der Waals surface area contributed by atoms with Crippen LogP contribution in [0.25, 0.3) is 17.4 Å². The lowest BCUT2D eigenvalue weighted by Gasteiger charge is -2.17. The fourth-order valence-electron chi connectivity index (χ4n) is 5.33. The molecule has 1 amide bonds. The summed E-state index contributed by atoms with van der Waals surface area (Å²) in [6.07, 6.45) is 1.71. The molecule has 3 aromatic rings. The van der Waals surface area contributed by atoms with Crippen LogP contribution in [0.1, 0.15) is 62.7 Å². The number of alkyl halides is 3. The molecule has 0 atom stereocenters. The Kier molecular flexibility index (Phi) is 8.32. The van der Waals surface area contributed by atoms with Crippen LogP contribution in [-0.4, -0.2) is 50.4 Å². The van der Waals surface area contributed by atoms with E-state index in [1.165, 1.54) is 4.52 Å². The monoisotopic (exact) mass is 604 g/mol. The second-order valence-corrected chi connectivity index (χ2v) is 11.5. The predicted molar refractivity (Wildman–Crippen MR) is 154 cm³/mol. The molecule has 0 aliphatic carbocycles. The predicted octanol–water partition coefficient (Wildman–Crippen LogP) is 5.11. The van der Waals surface area contributed by atoms with Crippen molar-refractivity contribution < 1.29 is 22.7 Å². The second-order valence-electron chi connectivity index (χ2n) is 11.1. The standard InChI is InChI=1S/C29H32ClF3N6O3/c1-4-23-20(12-17-14-28(2,3)34-15-17)26(41)39-27(36-25(37-39)18-6-5-10-42-11-9-18)38(23)16-24(40)35-22-8-7-19(13-21(22)30)29(31,32)33/h6-8,12-13,34H,4-5,9-11,14-16H2,1-3H3,(H,35,40). The lowest BCUT2D eigenvalue weighted by Crippen LogP contribution is -2.31. The minimum atomic E-state index is -4.57. The van der Waals surface area contributed by atoms with Gasteiger partial charge in [-0.3, -0.25) is 9.59 Å². The molecule has 42 heavy (non-hydrogen) atoms. The van der Waals surface area contributed by atoms with Gasteiger partial charge in [0.1, 0.15) is 6.54 Å². The van der Waals surface area contributed by atoms with Gasteiger partial charge in [-0.2, -0.15) is 22.7 Å². The van der Waals surface area contributed by atoms with Gasteiger partial charge in [-0.05, 0) is 69.4 Å². The third-order valence-electron chi connectivity index (χ3n) is 7.37. The number of hydrogen-bond acceptors (Lipinski definition) is 6. The quantitative estimate of drug-likeness (QED) is 0.405. The first-order valence-corrected chi connectivity index (χ1v) is 14.1. The van der Waals surface area contributed by atoms with E-state index in [0.717, 1.165) is 35.8 Å². The molecular weight excluding hydrogens is 573 g/mol.